The summed E-state index contributed by atoms with van der Waals surface area (Å²) in [7, 11) is 2.83. The van der Waals surface area contributed by atoms with Gasteiger partial charge in [-0.25, -0.2) is 4.79 Å². The van der Waals surface area contributed by atoms with Gasteiger partial charge in [0.05, 0.1) is 6.54 Å². The van der Waals surface area contributed by atoms with Gasteiger partial charge in [0.1, 0.15) is 11.6 Å². The van der Waals surface area contributed by atoms with Crippen molar-refractivity contribution < 1.29 is 9.21 Å². The minimum absolute atomic E-state index is 0.0743. The van der Waals surface area contributed by atoms with Gasteiger partial charge in [0, 0.05) is 32.6 Å². The van der Waals surface area contributed by atoms with E-state index in [0.29, 0.717) is 12.3 Å². The van der Waals surface area contributed by atoms with Crippen LogP contribution in [-0.2, 0) is 20.6 Å². The molecule has 0 saturated heterocycles. The van der Waals surface area contributed by atoms with Crippen LogP contribution in [0.15, 0.2) is 50.7 Å². The first-order chi connectivity index (χ1) is 11.5. The molecule has 0 aliphatic rings. The van der Waals surface area contributed by atoms with Gasteiger partial charge in [-0.15, -0.1) is 0 Å². The molecular formula is C15H15N5O4. The van der Waals surface area contributed by atoms with E-state index in [1.165, 1.54) is 30.8 Å². The number of anilines is 1. The largest absolute Gasteiger partial charge is 0.454 e. The SMILES string of the molecule is Cn1c(NC(=O)c2ccc(Cn3cccn3)o2)cc(=O)n(C)c1=O. The van der Waals surface area contributed by atoms with Gasteiger partial charge in [-0.05, 0) is 18.2 Å². The molecule has 9 nitrogen and oxygen atoms in total. The number of nitrogens with zero attached hydrogens (tertiary/aromatic N) is 4. The number of hydrogen-bond donors (Lipinski definition) is 1. The Morgan fingerprint density at radius 1 is 1.25 bits per heavy atom. The molecule has 0 radical (unpaired) electrons. The van der Waals surface area contributed by atoms with Gasteiger partial charge in [0.25, 0.3) is 11.5 Å². The highest BCUT2D eigenvalue weighted by Crippen LogP contribution is 2.11. The summed E-state index contributed by atoms with van der Waals surface area (Å²) in [6.45, 7) is 0.393. The van der Waals surface area contributed by atoms with Crippen molar-refractivity contribution in [2.75, 3.05) is 5.32 Å². The van der Waals surface area contributed by atoms with E-state index >= 15 is 0 Å². The molecule has 0 spiro atoms. The molecule has 0 saturated carbocycles. The highest BCUT2D eigenvalue weighted by molar-refractivity contribution is 6.01. The van der Waals surface area contributed by atoms with Crippen molar-refractivity contribution in [1.29, 1.82) is 0 Å². The Hall–Kier alpha value is -3.36. The van der Waals surface area contributed by atoms with Crippen molar-refractivity contribution in [2.45, 2.75) is 6.54 Å². The molecule has 0 atom stereocenters. The Morgan fingerprint density at radius 3 is 2.75 bits per heavy atom. The number of aromatic nitrogens is 4. The second-order valence-electron chi connectivity index (χ2n) is 5.19. The minimum Gasteiger partial charge on any atom is -0.454 e. The van der Waals surface area contributed by atoms with E-state index < -0.39 is 17.2 Å². The Bertz CT molecular complexity index is 994. The maximum Gasteiger partial charge on any atom is 0.332 e. The predicted octanol–water partition coefficient (Wildman–Crippen LogP) is 0.174. The standard InChI is InChI=1S/C15H15N5O4/c1-18-12(8-13(21)19(2)15(18)23)17-14(22)11-5-4-10(24-11)9-20-7-3-6-16-20/h3-8H,9H2,1-2H3,(H,17,22). The third kappa shape index (κ3) is 2.91. The molecule has 0 aliphatic heterocycles. The van der Waals surface area contributed by atoms with Crippen LogP contribution < -0.4 is 16.6 Å². The summed E-state index contributed by atoms with van der Waals surface area (Å²) >= 11 is 0. The predicted molar refractivity (Wildman–Crippen MR) is 84.9 cm³/mol. The highest BCUT2D eigenvalue weighted by Gasteiger charge is 2.14. The Labute approximate surface area is 135 Å². The average molecular weight is 329 g/mol. The summed E-state index contributed by atoms with van der Waals surface area (Å²) in [4.78, 5) is 35.8. The van der Waals surface area contributed by atoms with Gasteiger partial charge < -0.3 is 9.73 Å². The molecule has 0 unspecified atom stereocenters. The molecule has 3 aromatic heterocycles. The van der Waals surface area contributed by atoms with E-state index in [1.807, 2.05) is 0 Å². The Kier molecular flexibility index (Phi) is 3.90. The molecular weight excluding hydrogens is 314 g/mol. The molecule has 0 aliphatic carbocycles. The third-order valence-electron chi connectivity index (χ3n) is 3.53. The van der Waals surface area contributed by atoms with Crippen LogP contribution in [0.3, 0.4) is 0 Å². The molecule has 9 heteroatoms. The third-order valence-corrected chi connectivity index (χ3v) is 3.53. The molecule has 3 heterocycles. The normalized spacial score (nSPS) is 10.8. The monoisotopic (exact) mass is 329 g/mol. The van der Waals surface area contributed by atoms with Crippen molar-refractivity contribution in [3.8, 4) is 0 Å². The Morgan fingerprint density at radius 2 is 2.04 bits per heavy atom. The van der Waals surface area contributed by atoms with Crippen LogP contribution >= 0.6 is 0 Å². The van der Waals surface area contributed by atoms with Gasteiger partial charge in [0.15, 0.2) is 5.76 Å². The summed E-state index contributed by atoms with van der Waals surface area (Å²) in [5.41, 5.74) is -1.04. The minimum atomic E-state index is -0.551. The lowest BCUT2D eigenvalue weighted by Crippen LogP contribution is -2.38. The molecule has 0 fully saturated rings. The van der Waals surface area contributed by atoms with Gasteiger partial charge >= 0.3 is 5.69 Å². The molecule has 1 N–H and O–H groups in total. The summed E-state index contributed by atoms with van der Waals surface area (Å²) in [5.74, 6) is 0.176. The molecule has 124 valence electrons. The fourth-order valence-electron chi connectivity index (χ4n) is 2.17. The van der Waals surface area contributed by atoms with Crippen LogP contribution in [0.2, 0.25) is 0 Å². The number of carbonyl (C=O) groups is 1. The topological polar surface area (TPSA) is 104 Å². The number of nitrogens with one attached hydrogen (secondary N) is 1. The van der Waals surface area contributed by atoms with Crippen molar-refractivity contribution in [1.82, 2.24) is 18.9 Å². The fourth-order valence-corrected chi connectivity index (χ4v) is 2.17. The van der Waals surface area contributed by atoms with E-state index in [0.717, 1.165) is 4.57 Å². The molecule has 3 rings (SSSR count). The van der Waals surface area contributed by atoms with Crippen molar-refractivity contribution >= 4 is 11.7 Å². The van der Waals surface area contributed by atoms with Crippen LogP contribution in [0, 0.1) is 0 Å². The van der Waals surface area contributed by atoms with E-state index in [1.54, 1.807) is 29.2 Å². The van der Waals surface area contributed by atoms with Crippen molar-refractivity contribution in [3.63, 3.8) is 0 Å². The summed E-state index contributed by atoms with van der Waals surface area (Å²) in [5, 5.41) is 6.56. The lowest BCUT2D eigenvalue weighted by Gasteiger charge is -2.09. The number of amides is 1. The molecule has 24 heavy (non-hydrogen) atoms. The van der Waals surface area contributed by atoms with Gasteiger partial charge in [0.2, 0.25) is 0 Å². The maximum atomic E-state index is 12.2. The summed E-state index contributed by atoms with van der Waals surface area (Å²) in [6.07, 6.45) is 3.42. The van der Waals surface area contributed by atoms with Crippen LogP contribution in [-0.4, -0.2) is 24.8 Å². The first kappa shape index (κ1) is 15.5. The summed E-state index contributed by atoms with van der Waals surface area (Å²) in [6, 6.07) is 6.15. The van der Waals surface area contributed by atoms with Crippen molar-refractivity contribution in [2.24, 2.45) is 14.1 Å². The maximum absolute atomic E-state index is 12.2. The zero-order valence-electron chi connectivity index (χ0n) is 13.1. The van der Waals surface area contributed by atoms with Crippen LogP contribution in [0.5, 0.6) is 0 Å². The quantitative estimate of drug-likeness (QED) is 0.735. The molecule has 0 aromatic carbocycles. The molecule has 0 bridgehead atoms. The second-order valence-corrected chi connectivity index (χ2v) is 5.19. The molecule has 1 amide bonds. The zero-order chi connectivity index (χ0) is 17.3. The van der Waals surface area contributed by atoms with E-state index in [9.17, 15) is 14.4 Å². The van der Waals surface area contributed by atoms with Gasteiger partial charge in [-0.3, -0.25) is 23.4 Å². The van der Waals surface area contributed by atoms with E-state index in [-0.39, 0.29) is 11.6 Å². The van der Waals surface area contributed by atoms with Crippen LogP contribution in [0.4, 0.5) is 5.82 Å². The Balaban J connectivity index is 1.80. The van der Waals surface area contributed by atoms with Gasteiger partial charge in [-0.2, -0.15) is 5.10 Å². The number of carbonyl (C=O) groups excluding carboxylic acids is 1. The zero-order valence-corrected chi connectivity index (χ0v) is 13.1. The highest BCUT2D eigenvalue weighted by atomic mass is 16.4. The number of furan rings is 1. The lowest BCUT2D eigenvalue weighted by molar-refractivity contribution is 0.0993. The first-order valence-corrected chi connectivity index (χ1v) is 7.10. The van der Waals surface area contributed by atoms with E-state index in [4.69, 9.17) is 4.42 Å². The first-order valence-electron chi connectivity index (χ1n) is 7.10. The smallest absolute Gasteiger partial charge is 0.332 e. The van der Waals surface area contributed by atoms with Crippen molar-refractivity contribution in [3.05, 3.63) is 69.0 Å². The van der Waals surface area contributed by atoms with E-state index in [2.05, 4.69) is 10.4 Å². The molecule has 3 aromatic rings. The van der Waals surface area contributed by atoms with Crippen LogP contribution in [0.25, 0.3) is 0 Å². The average Bonchev–Trinajstić information content (AvgIpc) is 3.23. The number of rotatable bonds is 4. The fraction of sp³-hybridized carbons (Fsp3) is 0.200. The van der Waals surface area contributed by atoms with Gasteiger partial charge in [-0.1, -0.05) is 0 Å². The van der Waals surface area contributed by atoms with Crippen LogP contribution in [0.1, 0.15) is 16.3 Å². The number of hydrogen-bond acceptors (Lipinski definition) is 5. The second kappa shape index (κ2) is 6.03. The lowest BCUT2D eigenvalue weighted by atomic mass is 10.4. The summed E-state index contributed by atoms with van der Waals surface area (Å²) < 4.78 is 9.25.